The molecule has 168 valence electrons. The molecule has 0 bridgehead atoms. The molecular weight excluding hydrogens is 428 g/mol. The van der Waals surface area contributed by atoms with Crippen molar-refractivity contribution in [3.05, 3.63) is 85.2 Å². The number of carbonyl (C=O) groups excluding carboxylic acids is 1. The normalized spacial score (nSPS) is 16.1. The van der Waals surface area contributed by atoms with Crippen LogP contribution in [-0.4, -0.2) is 58.6 Å². The van der Waals surface area contributed by atoms with E-state index in [2.05, 4.69) is 31.4 Å². The largest absolute Gasteiger partial charge is 0.335 e. The molecule has 0 saturated carbocycles. The molecule has 0 N–H and O–H groups in total. The molecule has 9 heteroatoms. The summed E-state index contributed by atoms with van der Waals surface area (Å²) < 4.78 is 3.53. The average Bonchev–Trinajstić information content (AvgIpc) is 3.61. The van der Waals surface area contributed by atoms with Crippen molar-refractivity contribution < 1.29 is 4.79 Å². The molecule has 1 aliphatic heterocycles. The highest BCUT2D eigenvalue weighted by Gasteiger charge is 2.27. The number of fused-ring (bicyclic) bond motifs is 1. The molecule has 5 aromatic rings. The van der Waals surface area contributed by atoms with Crippen LogP contribution in [0.3, 0.4) is 0 Å². The summed E-state index contributed by atoms with van der Waals surface area (Å²) in [6.07, 6.45) is 10.9. The molecule has 0 aliphatic carbocycles. The summed E-state index contributed by atoms with van der Waals surface area (Å²) in [5.41, 5.74) is 2.14. The van der Waals surface area contributed by atoms with Crippen molar-refractivity contribution in [3.8, 4) is 17.1 Å². The van der Waals surface area contributed by atoms with Gasteiger partial charge in [0.25, 0.3) is 5.91 Å². The highest BCUT2D eigenvalue weighted by molar-refractivity contribution is 5.94. The van der Waals surface area contributed by atoms with Crippen LogP contribution in [0, 0.1) is 0 Å². The van der Waals surface area contributed by atoms with Crippen LogP contribution in [0.2, 0.25) is 0 Å². The van der Waals surface area contributed by atoms with Gasteiger partial charge in [-0.2, -0.15) is 5.10 Å². The second kappa shape index (κ2) is 8.51. The molecule has 0 radical (unpaired) electrons. The van der Waals surface area contributed by atoms with Crippen LogP contribution in [0.15, 0.2) is 79.5 Å². The van der Waals surface area contributed by atoms with Gasteiger partial charge in [-0.1, -0.05) is 35.5 Å². The first-order valence-electron chi connectivity index (χ1n) is 11.3. The highest BCUT2D eigenvalue weighted by Crippen LogP contribution is 2.28. The zero-order chi connectivity index (χ0) is 22.9. The molecule has 1 amide bonds. The van der Waals surface area contributed by atoms with E-state index in [1.54, 1.807) is 23.1 Å². The lowest BCUT2D eigenvalue weighted by Crippen LogP contribution is -2.41. The maximum absolute atomic E-state index is 13.3. The lowest BCUT2D eigenvalue weighted by molar-refractivity contribution is 0.0666. The molecule has 1 fully saturated rings. The second-order valence-electron chi connectivity index (χ2n) is 8.37. The first kappa shape index (κ1) is 20.2. The third kappa shape index (κ3) is 3.71. The fourth-order valence-corrected chi connectivity index (χ4v) is 4.49. The molecule has 4 aromatic heterocycles. The van der Waals surface area contributed by atoms with E-state index >= 15 is 0 Å². The van der Waals surface area contributed by atoms with Gasteiger partial charge in [0.2, 0.25) is 0 Å². The van der Waals surface area contributed by atoms with E-state index in [1.165, 1.54) is 0 Å². The van der Waals surface area contributed by atoms with Crippen molar-refractivity contribution in [1.29, 1.82) is 0 Å². The van der Waals surface area contributed by atoms with Gasteiger partial charge in [0.1, 0.15) is 11.4 Å². The summed E-state index contributed by atoms with van der Waals surface area (Å²) in [7, 11) is 0. The zero-order valence-corrected chi connectivity index (χ0v) is 18.4. The lowest BCUT2D eigenvalue weighted by Gasteiger charge is -2.32. The molecule has 5 heterocycles. The molecular formula is C25H22N8O. The number of piperidine rings is 1. The number of hydrogen-bond donors (Lipinski definition) is 0. The number of likely N-dealkylation sites (tertiary alicyclic amines) is 1. The van der Waals surface area contributed by atoms with Crippen LogP contribution >= 0.6 is 0 Å². The minimum Gasteiger partial charge on any atom is -0.335 e. The van der Waals surface area contributed by atoms with Crippen molar-refractivity contribution in [2.45, 2.75) is 18.9 Å². The molecule has 6 rings (SSSR count). The van der Waals surface area contributed by atoms with Gasteiger partial charge in [0.05, 0.1) is 12.2 Å². The number of carbonyl (C=O) groups is 1. The third-order valence-electron chi connectivity index (χ3n) is 6.20. The summed E-state index contributed by atoms with van der Waals surface area (Å²) in [5, 5.41) is 15.2. The summed E-state index contributed by atoms with van der Waals surface area (Å²) in [4.78, 5) is 24.0. The van der Waals surface area contributed by atoms with E-state index < -0.39 is 0 Å². The Labute approximate surface area is 195 Å². The predicted octanol–water partition coefficient (Wildman–Crippen LogP) is 3.55. The van der Waals surface area contributed by atoms with Crippen LogP contribution in [-0.2, 0) is 0 Å². The van der Waals surface area contributed by atoms with E-state index in [4.69, 9.17) is 0 Å². The molecule has 1 atom stereocenters. The Morgan fingerprint density at radius 1 is 1.03 bits per heavy atom. The molecule has 0 spiro atoms. The monoisotopic (exact) mass is 450 g/mol. The molecule has 1 aliphatic rings. The SMILES string of the molecule is O=C(c1cccc(-n2cccn2)n1)N1CCCC(n2cc(-c3cncc4ccccc34)nn2)C1. The van der Waals surface area contributed by atoms with E-state index in [0.29, 0.717) is 24.6 Å². The van der Waals surface area contributed by atoms with Crippen molar-refractivity contribution >= 4 is 16.7 Å². The van der Waals surface area contributed by atoms with Crippen molar-refractivity contribution in [3.63, 3.8) is 0 Å². The Balaban J connectivity index is 1.23. The van der Waals surface area contributed by atoms with Gasteiger partial charge in [-0.15, -0.1) is 5.10 Å². The van der Waals surface area contributed by atoms with Gasteiger partial charge in [-0.25, -0.2) is 14.3 Å². The maximum Gasteiger partial charge on any atom is 0.272 e. The van der Waals surface area contributed by atoms with Crippen LogP contribution in [0.5, 0.6) is 0 Å². The molecule has 1 saturated heterocycles. The molecule has 34 heavy (non-hydrogen) atoms. The smallest absolute Gasteiger partial charge is 0.272 e. The van der Waals surface area contributed by atoms with Crippen LogP contribution in [0.1, 0.15) is 29.4 Å². The van der Waals surface area contributed by atoms with Gasteiger partial charge in [0.15, 0.2) is 5.82 Å². The first-order valence-corrected chi connectivity index (χ1v) is 11.3. The maximum atomic E-state index is 13.3. The standard InChI is InChI=1S/C25H22N8O/c34-25(22-9-3-10-24(28-22)32-13-5-11-27-32)31-12-4-7-19(16-31)33-17-23(29-30-33)21-15-26-14-18-6-1-2-8-20(18)21/h1-3,5-6,8-11,13-15,17,19H,4,7,12,16H2. The minimum absolute atomic E-state index is 0.0520. The van der Waals surface area contributed by atoms with Gasteiger partial charge < -0.3 is 4.90 Å². The predicted molar refractivity (Wildman–Crippen MR) is 126 cm³/mol. The summed E-state index contributed by atoms with van der Waals surface area (Å²) >= 11 is 0. The number of aromatic nitrogens is 7. The summed E-state index contributed by atoms with van der Waals surface area (Å²) in [6.45, 7) is 1.25. The number of hydrogen-bond acceptors (Lipinski definition) is 6. The van der Waals surface area contributed by atoms with E-state index in [-0.39, 0.29) is 11.9 Å². The fourth-order valence-electron chi connectivity index (χ4n) is 4.49. The van der Waals surface area contributed by atoms with Crippen LogP contribution in [0.25, 0.3) is 27.8 Å². The number of pyridine rings is 2. The minimum atomic E-state index is -0.0858. The Morgan fingerprint density at radius 2 is 1.97 bits per heavy atom. The number of nitrogens with zero attached hydrogens (tertiary/aromatic N) is 8. The van der Waals surface area contributed by atoms with Crippen molar-refractivity contribution in [2.75, 3.05) is 13.1 Å². The van der Waals surface area contributed by atoms with Crippen LogP contribution in [0.4, 0.5) is 0 Å². The molecule has 1 aromatic carbocycles. The zero-order valence-electron chi connectivity index (χ0n) is 18.4. The van der Waals surface area contributed by atoms with Crippen molar-refractivity contribution in [2.24, 2.45) is 0 Å². The van der Waals surface area contributed by atoms with Gasteiger partial charge in [-0.05, 0) is 36.4 Å². The molecule has 1 unspecified atom stereocenters. The van der Waals surface area contributed by atoms with E-state index in [1.807, 2.05) is 64.6 Å². The van der Waals surface area contributed by atoms with Crippen LogP contribution < -0.4 is 0 Å². The Hall–Kier alpha value is -4.40. The summed E-state index contributed by atoms with van der Waals surface area (Å²) in [5.74, 6) is 0.534. The number of rotatable bonds is 4. The molecule has 9 nitrogen and oxygen atoms in total. The Kier molecular flexibility index (Phi) is 5.06. The van der Waals surface area contributed by atoms with Crippen molar-refractivity contribution in [1.82, 2.24) is 39.6 Å². The number of amides is 1. The summed E-state index contributed by atoms with van der Waals surface area (Å²) in [6, 6.07) is 15.4. The fraction of sp³-hybridized carbons (Fsp3) is 0.200. The second-order valence-corrected chi connectivity index (χ2v) is 8.37. The van der Waals surface area contributed by atoms with E-state index in [9.17, 15) is 4.79 Å². The average molecular weight is 451 g/mol. The quantitative estimate of drug-likeness (QED) is 0.416. The Morgan fingerprint density at radius 3 is 2.88 bits per heavy atom. The first-order chi connectivity index (χ1) is 16.8. The van der Waals surface area contributed by atoms with Gasteiger partial charge in [0, 0.05) is 48.8 Å². The highest BCUT2D eigenvalue weighted by atomic mass is 16.2. The topological polar surface area (TPSA) is 94.6 Å². The van der Waals surface area contributed by atoms with E-state index in [0.717, 1.165) is 34.9 Å². The third-order valence-corrected chi connectivity index (χ3v) is 6.20. The number of benzene rings is 1. The van der Waals surface area contributed by atoms with Gasteiger partial charge in [-0.3, -0.25) is 9.78 Å². The lowest BCUT2D eigenvalue weighted by atomic mass is 10.0. The Bertz CT molecular complexity index is 1450. The van der Waals surface area contributed by atoms with Gasteiger partial charge >= 0.3 is 0 Å².